The number of aliphatic hydroxyl groups is 5. The highest BCUT2D eigenvalue weighted by Crippen LogP contribution is 2.34. The molecular weight excluding hydrogens is 542 g/mol. The van der Waals surface area contributed by atoms with Crippen LogP contribution in [0.4, 0.5) is 0 Å². The van der Waals surface area contributed by atoms with E-state index in [1.165, 1.54) is 6.92 Å². The Labute approximate surface area is 240 Å². The van der Waals surface area contributed by atoms with Gasteiger partial charge in [-0.25, -0.2) is 0 Å². The predicted molar refractivity (Wildman–Crippen MR) is 146 cm³/mol. The Morgan fingerprint density at radius 1 is 1.05 bits per heavy atom. The standard InChI is InChI=1S/C26H51N5O10/c1-12-18(33)25(38-11-26(12,2)37)41-22-16(31-23(36)19(34)17(32)10-28)9-15(30)21(20(22)35)40-24-14(29)7-6-13(39-24)5-3-4-8-27/h12-22,24-25,32-35,37H,3-11,27-30H2,1-2H3,(H,31,36)/t12-,13-,14?,15+,16-,17+,18?,19+,20?,21?,22?,24-,25-,26?/m1/s1. The number of amides is 1. The summed E-state index contributed by atoms with van der Waals surface area (Å²) in [5, 5.41) is 55.4. The van der Waals surface area contributed by atoms with Crippen LogP contribution in [0.2, 0.25) is 0 Å². The lowest BCUT2D eigenvalue weighted by atomic mass is 9.82. The molecule has 1 saturated carbocycles. The molecule has 41 heavy (non-hydrogen) atoms. The molecule has 14 N–H and O–H groups in total. The molecule has 0 aromatic carbocycles. The number of nitrogens with two attached hydrogens (primary N) is 4. The zero-order chi connectivity index (χ0) is 30.5. The Morgan fingerprint density at radius 3 is 2.39 bits per heavy atom. The molecule has 3 fully saturated rings. The van der Waals surface area contributed by atoms with Crippen molar-refractivity contribution in [2.45, 2.75) is 131 Å². The summed E-state index contributed by atoms with van der Waals surface area (Å²) in [7, 11) is 0. The average Bonchev–Trinajstić information content (AvgIpc) is 2.93. The molecule has 2 heterocycles. The number of rotatable bonds is 12. The van der Waals surface area contributed by atoms with Crippen molar-refractivity contribution in [3.63, 3.8) is 0 Å². The largest absolute Gasteiger partial charge is 0.389 e. The first kappa shape index (κ1) is 34.4. The summed E-state index contributed by atoms with van der Waals surface area (Å²) in [5.74, 6) is -1.59. The highest BCUT2D eigenvalue weighted by molar-refractivity contribution is 5.81. The van der Waals surface area contributed by atoms with Crippen LogP contribution >= 0.6 is 0 Å². The second-order valence-corrected chi connectivity index (χ2v) is 11.9. The summed E-state index contributed by atoms with van der Waals surface area (Å²) in [6.07, 6.45) is -6.54. The minimum Gasteiger partial charge on any atom is -0.389 e. The maximum absolute atomic E-state index is 12.7. The van der Waals surface area contributed by atoms with Crippen molar-refractivity contribution in [1.82, 2.24) is 5.32 Å². The quantitative estimate of drug-likeness (QED) is 0.0969. The van der Waals surface area contributed by atoms with Crippen molar-refractivity contribution in [1.29, 1.82) is 0 Å². The van der Waals surface area contributed by atoms with Crippen molar-refractivity contribution in [2.75, 3.05) is 19.7 Å². The van der Waals surface area contributed by atoms with Crippen LogP contribution in [0, 0.1) is 5.92 Å². The lowest BCUT2D eigenvalue weighted by Crippen LogP contribution is -2.68. The normalized spacial score (nSPS) is 43.3. The minimum atomic E-state index is -1.83. The van der Waals surface area contributed by atoms with Gasteiger partial charge in [0.15, 0.2) is 18.7 Å². The number of nitrogens with one attached hydrogen (secondary N) is 1. The van der Waals surface area contributed by atoms with Crippen LogP contribution in [-0.4, -0.2) is 130 Å². The predicted octanol–water partition coefficient (Wildman–Crippen LogP) is -3.92. The van der Waals surface area contributed by atoms with E-state index < -0.39 is 84.8 Å². The first-order valence-electron chi connectivity index (χ1n) is 14.5. The van der Waals surface area contributed by atoms with E-state index in [9.17, 15) is 30.3 Å². The SMILES string of the molecule is C[C@@H]1C(O)[C@@H](OC2C(O)C(O[C@H]3O[C@H](CCCCN)CCC3N)[C@@H](N)C[C@H]2NC(=O)[C@@H](O)[C@@H](O)CN)OCC1(C)O. The van der Waals surface area contributed by atoms with Crippen molar-refractivity contribution in [2.24, 2.45) is 28.9 Å². The van der Waals surface area contributed by atoms with Crippen molar-refractivity contribution in [3.05, 3.63) is 0 Å². The van der Waals surface area contributed by atoms with Gasteiger partial charge in [-0.2, -0.15) is 0 Å². The van der Waals surface area contributed by atoms with Crippen LogP contribution < -0.4 is 28.3 Å². The molecule has 15 heteroatoms. The maximum atomic E-state index is 12.7. The van der Waals surface area contributed by atoms with E-state index in [1.807, 2.05) is 0 Å². The fourth-order valence-electron chi connectivity index (χ4n) is 5.56. The number of hydrogen-bond donors (Lipinski definition) is 10. The number of hydrogen-bond acceptors (Lipinski definition) is 14. The molecule has 14 atom stereocenters. The van der Waals surface area contributed by atoms with E-state index in [0.29, 0.717) is 13.0 Å². The number of carbonyl (C=O) groups excluding carboxylic acids is 1. The second kappa shape index (κ2) is 15.1. The van der Waals surface area contributed by atoms with Gasteiger partial charge in [-0.3, -0.25) is 4.79 Å². The van der Waals surface area contributed by atoms with Gasteiger partial charge in [0.05, 0.1) is 30.4 Å². The lowest BCUT2D eigenvalue weighted by Gasteiger charge is -2.48. The Morgan fingerprint density at radius 2 is 1.73 bits per heavy atom. The summed E-state index contributed by atoms with van der Waals surface area (Å²) >= 11 is 0. The summed E-state index contributed by atoms with van der Waals surface area (Å²) < 4.78 is 23.9. The van der Waals surface area contributed by atoms with Gasteiger partial charge < -0.3 is 72.7 Å². The summed E-state index contributed by atoms with van der Waals surface area (Å²) in [6.45, 7) is 3.25. The van der Waals surface area contributed by atoms with Crippen LogP contribution in [0.25, 0.3) is 0 Å². The molecule has 1 aliphatic carbocycles. The molecule has 0 radical (unpaired) electrons. The number of carbonyl (C=O) groups is 1. The molecule has 0 aromatic heterocycles. The number of unbranched alkanes of at least 4 members (excludes halogenated alkanes) is 1. The summed E-state index contributed by atoms with van der Waals surface area (Å²) in [6, 6.07) is -2.26. The second-order valence-electron chi connectivity index (χ2n) is 11.9. The maximum Gasteiger partial charge on any atom is 0.251 e. The summed E-state index contributed by atoms with van der Waals surface area (Å²) in [5.41, 5.74) is 22.4. The molecule has 0 spiro atoms. The van der Waals surface area contributed by atoms with Gasteiger partial charge >= 0.3 is 0 Å². The Bertz CT molecular complexity index is 828. The van der Waals surface area contributed by atoms with E-state index in [4.69, 9.17) is 41.9 Å². The van der Waals surface area contributed by atoms with Crippen molar-refractivity contribution >= 4 is 5.91 Å². The first-order chi connectivity index (χ1) is 19.3. The molecule has 0 bridgehead atoms. The van der Waals surface area contributed by atoms with Gasteiger partial charge in [0.25, 0.3) is 5.91 Å². The number of ether oxygens (including phenoxy) is 4. The monoisotopic (exact) mass is 593 g/mol. The molecule has 2 saturated heterocycles. The molecular formula is C26H51N5O10. The first-order valence-corrected chi connectivity index (χ1v) is 14.5. The smallest absolute Gasteiger partial charge is 0.251 e. The third-order valence-electron chi connectivity index (χ3n) is 8.59. The van der Waals surface area contributed by atoms with E-state index in [2.05, 4.69) is 5.32 Å². The molecule has 3 aliphatic rings. The molecule has 1 amide bonds. The zero-order valence-electron chi connectivity index (χ0n) is 24.0. The molecule has 240 valence electrons. The van der Waals surface area contributed by atoms with E-state index >= 15 is 0 Å². The molecule has 0 aromatic rings. The van der Waals surface area contributed by atoms with E-state index in [-0.39, 0.29) is 25.7 Å². The van der Waals surface area contributed by atoms with Crippen LogP contribution in [-0.2, 0) is 23.7 Å². The van der Waals surface area contributed by atoms with Gasteiger partial charge in [0.1, 0.15) is 30.5 Å². The fourth-order valence-corrected chi connectivity index (χ4v) is 5.56. The van der Waals surface area contributed by atoms with Gasteiger partial charge in [-0.1, -0.05) is 6.92 Å². The van der Waals surface area contributed by atoms with Gasteiger partial charge in [0.2, 0.25) is 0 Å². The van der Waals surface area contributed by atoms with Crippen molar-refractivity contribution in [3.8, 4) is 0 Å². The van der Waals surface area contributed by atoms with E-state index in [1.54, 1.807) is 6.92 Å². The molecule has 2 aliphatic heterocycles. The van der Waals surface area contributed by atoms with Gasteiger partial charge in [-0.15, -0.1) is 0 Å². The third kappa shape index (κ3) is 8.53. The molecule has 3 rings (SSSR count). The van der Waals surface area contributed by atoms with E-state index in [0.717, 1.165) is 25.7 Å². The minimum absolute atomic E-state index is 0.0293. The average molecular weight is 594 g/mol. The Kier molecular flexibility index (Phi) is 12.7. The van der Waals surface area contributed by atoms with Crippen LogP contribution in [0.5, 0.6) is 0 Å². The highest BCUT2D eigenvalue weighted by atomic mass is 16.7. The zero-order valence-corrected chi connectivity index (χ0v) is 24.0. The lowest BCUT2D eigenvalue weighted by molar-refractivity contribution is -0.314. The fraction of sp³-hybridized carbons (Fsp3) is 0.962. The Balaban J connectivity index is 1.78. The van der Waals surface area contributed by atoms with Crippen LogP contribution in [0.3, 0.4) is 0 Å². The number of aliphatic hydroxyl groups excluding tert-OH is 4. The van der Waals surface area contributed by atoms with Crippen molar-refractivity contribution < 1.29 is 49.3 Å². The van der Waals surface area contributed by atoms with Gasteiger partial charge in [-0.05, 0) is 52.0 Å². The van der Waals surface area contributed by atoms with Gasteiger partial charge in [0, 0.05) is 18.5 Å². The molecule has 6 unspecified atom stereocenters. The van der Waals surface area contributed by atoms with Crippen LogP contribution in [0.15, 0.2) is 0 Å². The Hall–Kier alpha value is -1.05. The van der Waals surface area contributed by atoms with Crippen LogP contribution in [0.1, 0.15) is 52.4 Å². The third-order valence-corrected chi connectivity index (χ3v) is 8.59. The highest BCUT2D eigenvalue weighted by Gasteiger charge is 2.51. The molecule has 15 nitrogen and oxygen atoms in total. The topological polar surface area (TPSA) is 271 Å². The summed E-state index contributed by atoms with van der Waals surface area (Å²) in [4.78, 5) is 12.7.